The first-order valence-electron chi connectivity index (χ1n) is 5.68. The molecule has 1 heterocycles. The van der Waals surface area contributed by atoms with Gasteiger partial charge in [-0.2, -0.15) is 0 Å². The molecule has 5 heteroatoms. The average Bonchev–Trinajstić information content (AvgIpc) is 2.87. The molecule has 1 aromatic heterocycles. The van der Waals surface area contributed by atoms with Crippen molar-refractivity contribution in [3.8, 4) is 5.75 Å². The summed E-state index contributed by atoms with van der Waals surface area (Å²) >= 11 is 5.88. The number of aromatic amines is 1. The molecule has 2 aromatic carbocycles. The van der Waals surface area contributed by atoms with Crippen LogP contribution in [-0.2, 0) is 0 Å². The van der Waals surface area contributed by atoms with Crippen LogP contribution < -0.4 is 0 Å². The summed E-state index contributed by atoms with van der Waals surface area (Å²) in [5.41, 5.74) is 3.16. The molecule has 0 fully saturated rings. The van der Waals surface area contributed by atoms with Gasteiger partial charge in [0.1, 0.15) is 5.75 Å². The maximum atomic E-state index is 9.68. The molecule has 0 saturated carbocycles. The molecular weight excluding hydrogens is 262 g/mol. The molecule has 0 saturated heterocycles. The van der Waals surface area contributed by atoms with Crippen LogP contribution in [0.2, 0.25) is 5.02 Å². The Balaban J connectivity index is 1.95. The summed E-state index contributed by atoms with van der Waals surface area (Å²) in [5, 5.41) is 10.2. The molecule has 0 amide bonds. The first kappa shape index (κ1) is 11.7. The van der Waals surface area contributed by atoms with Crippen molar-refractivity contribution in [2.45, 2.75) is 0 Å². The number of imidazole rings is 1. The van der Waals surface area contributed by atoms with Crippen molar-refractivity contribution >= 4 is 34.5 Å². The lowest BCUT2D eigenvalue weighted by Gasteiger charge is -1.99. The van der Waals surface area contributed by atoms with Crippen molar-refractivity contribution in [1.82, 2.24) is 9.97 Å². The number of rotatable bonds is 2. The second kappa shape index (κ2) is 4.74. The number of aromatic nitrogens is 2. The van der Waals surface area contributed by atoms with Crippen LogP contribution in [0.1, 0.15) is 5.56 Å². The second-order valence-electron chi connectivity index (χ2n) is 4.07. The van der Waals surface area contributed by atoms with E-state index in [2.05, 4.69) is 15.0 Å². The Morgan fingerprint density at radius 3 is 3.00 bits per heavy atom. The van der Waals surface area contributed by atoms with Gasteiger partial charge in [0.2, 0.25) is 0 Å². The number of aliphatic imine (C=N–C) groups is 1. The van der Waals surface area contributed by atoms with Gasteiger partial charge in [-0.1, -0.05) is 11.6 Å². The van der Waals surface area contributed by atoms with E-state index in [1.54, 1.807) is 30.7 Å². The van der Waals surface area contributed by atoms with Gasteiger partial charge in [0, 0.05) is 16.8 Å². The Bertz CT molecular complexity index is 764. The second-order valence-corrected chi connectivity index (χ2v) is 4.50. The van der Waals surface area contributed by atoms with Gasteiger partial charge in [-0.3, -0.25) is 4.99 Å². The van der Waals surface area contributed by atoms with Crippen LogP contribution in [0.3, 0.4) is 0 Å². The third kappa shape index (κ3) is 2.44. The monoisotopic (exact) mass is 271 g/mol. The van der Waals surface area contributed by atoms with Gasteiger partial charge in [0.25, 0.3) is 0 Å². The lowest BCUT2D eigenvalue weighted by molar-refractivity contribution is 0.474. The van der Waals surface area contributed by atoms with E-state index >= 15 is 0 Å². The minimum Gasteiger partial charge on any atom is -0.507 e. The number of phenolic OH excluding ortho intramolecular Hbond substituents is 1. The number of halogens is 1. The number of nitrogens with zero attached hydrogens (tertiary/aromatic N) is 2. The van der Waals surface area contributed by atoms with Crippen molar-refractivity contribution in [2.75, 3.05) is 0 Å². The summed E-state index contributed by atoms with van der Waals surface area (Å²) in [6, 6.07) is 10.5. The SMILES string of the molecule is Oc1ccc(Cl)cc1/C=N/c1ccc2[nH]cnc2c1. The first-order chi connectivity index (χ1) is 9.22. The molecule has 0 aliphatic rings. The lowest BCUT2D eigenvalue weighted by atomic mass is 10.2. The lowest BCUT2D eigenvalue weighted by Crippen LogP contribution is -1.82. The molecule has 0 aliphatic heterocycles. The van der Waals surface area contributed by atoms with E-state index in [1.807, 2.05) is 18.2 Å². The minimum absolute atomic E-state index is 0.147. The van der Waals surface area contributed by atoms with Gasteiger partial charge >= 0.3 is 0 Å². The van der Waals surface area contributed by atoms with Gasteiger partial charge in [-0.25, -0.2) is 4.98 Å². The number of benzene rings is 2. The molecule has 0 bridgehead atoms. The zero-order valence-corrected chi connectivity index (χ0v) is 10.6. The van der Waals surface area contributed by atoms with E-state index in [0.29, 0.717) is 10.6 Å². The molecule has 4 nitrogen and oxygen atoms in total. The zero-order chi connectivity index (χ0) is 13.2. The molecule has 2 N–H and O–H groups in total. The highest BCUT2D eigenvalue weighted by Gasteiger charge is 2.00. The fourth-order valence-electron chi connectivity index (χ4n) is 1.77. The third-order valence-corrected chi connectivity index (χ3v) is 2.98. The Labute approximate surface area is 114 Å². The number of fused-ring (bicyclic) bond motifs is 1. The minimum atomic E-state index is 0.147. The van der Waals surface area contributed by atoms with Gasteiger partial charge in [0.05, 0.1) is 23.0 Å². The molecule has 19 heavy (non-hydrogen) atoms. The molecule has 0 spiro atoms. The quantitative estimate of drug-likeness (QED) is 0.699. The van der Waals surface area contributed by atoms with Gasteiger partial charge in [0.15, 0.2) is 0 Å². The maximum absolute atomic E-state index is 9.68. The summed E-state index contributed by atoms with van der Waals surface area (Å²) in [6.07, 6.45) is 3.22. The largest absolute Gasteiger partial charge is 0.507 e. The smallest absolute Gasteiger partial charge is 0.124 e. The number of aromatic hydroxyl groups is 1. The molecule has 0 atom stereocenters. The molecule has 0 unspecified atom stereocenters. The van der Waals surface area contributed by atoms with Crippen molar-refractivity contribution < 1.29 is 5.11 Å². The fraction of sp³-hybridized carbons (Fsp3) is 0. The van der Waals surface area contributed by atoms with Crippen molar-refractivity contribution in [1.29, 1.82) is 0 Å². The van der Waals surface area contributed by atoms with Crippen LogP contribution in [0.4, 0.5) is 5.69 Å². The third-order valence-electron chi connectivity index (χ3n) is 2.75. The Morgan fingerprint density at radius 1 is 1.21 bits per heavy atom. The highest BCUT2D eigenvalue weighted by molar-refractivity contribution is 6.30. The molecule has 0 radical (unpaired) electrons. The molecule has 94 valence electrons. The van der Waals surface area contributed by atoms with Crippen molar-refractivity contribution in [3.05, 3.63) is 53.3 Å². The topological polar surface area (TPSA) is 61.3 Å². The summed E-state index contributed by atoms with van der Waals surface area (Å²) < 4.78 is 0. The fourth-order valence-corrected chi connectivity index (χ4v) is 1.95. The number of hydrogen-bond donors (Lipinski definition) is 2. The Hall–Kier alpha value is -2.33. The van der Waals surface area contributed by atoms with E-state index in [0.717, 1.165) is 16.7 Å². The average molecular weight is 272 g/mol. The molecule has 3 rings (SSSR count). The maximum Gasteiger partial charge on any atom is 0.124 e. The Kier molecular flexibility index (Phi) is 2.93. The van der Waals surface area contributed by atoms with E-state index in [1.165, 1.54) is 0 Å². The van der Waals surface area contributed by atoms with Crippen LogP contribution in [0.15, 0.2) is 47.7 Å². The van der Waals surface area contributed by atoms with Crippen LogP contribution >= 0.6 is 11.6 Å². The van der Waals surface area contributed by atoms with Crippen LogP contribution in [0.5, 0.6) is 5.75 Å². The summed E-state index contributed by atoms with van der Waals surface area (Å²) in [4.78, 5) is 11.5. The predicted molar refractivity (Wildman–Crippen MR) is 76.5 cm³/mol. The molecular formula is C14H10ClN3O. The van der Waals surface area contributed by atoms with Gasteiger partial charge < -0.3 is 10.1 Å². The van der Waals surface area contributed by atoms with E-state index < -0.39 is 0 Å². The number of nitrogens with one attached hydrogen (secondary N) is 1. The van der Waals surface area contributed by atoms with Crippen LogP contribution in [0.25, 0.3) is 11.0 Å². The number of phenols is 1. The standard InChI is InChI=1S/C14H10ClN3O/c15-10-1-4-14(19)9(5-10)7-16-11-2-3-12-13(6-11)18-8-17-12/h1-8,19H,(H,17,18)/b16-7+. The summed E-state index contributed by atoms with van der Waals surface area (Å²) in [6.45, 7) is 0. The van der Waals surface area contributed by atoms with Crippen molar-refractivity contribution in [3.63, 3.8) is 0 Å². The van der Waals surface area contributed by atoms with Gasteiger partial charge in [-0.05, 0) is 36.4 Å². The van der Waals surface area contributed by atoms with E-state index in [4.69, 9.17) is 11.6 Å². The van der Waals surface area contributed by atoms with Crippen molar-refractivity contribution in [2.24, 2.45) is 4.99 Å². The predicted octanol–water partition coefficient (Wildman–Crippen LogP) is 3.67. The highest BCUT2D eigenvalue weighted by atomic mass is 35.5. The molecule has 0 aliphatic carbocycles. The number of hydrogen-bond acceptors (Lipinski definition) is 3. The molecule has 3 aromatic rings. The summed E-state index contributed by atoms with van der Waals surface area (Å²) in [5.74, 6) is 0.147. The normalized spacial score (nSPS) is 11.4. The zero-order valence-electron chi connectivity index (χ0n) is 9.84. The Morgan fingerprint density at radius 2 is 2.11 bits per heavy atom. The summed E-state index contributed by atoms with van der Waals surface area (Å²) in [7, 11) is 0. The van der Waals surface area contributed by atoms with E-state index in [9.17, 15) is 5.11 Å². The number of H-pyrrole nitrogens is 1. The van der Waals surface area contributed by atoms with E-state index in [-0.39, 0.29) is 5.75 Å². The highest BCUT2D eigenvalue weighted by Crippen LogP contribution is 2.22. The van der Waals surface area contributed by atoms with Crippen LogP contribution in [-0.4, -0.2) is 21.3 Å². The van der Waals surface area contributed by atoms with Crippen LogP contribution in [0, 0.1) is 0 Å². The first-order valence-corrected chi connectivity index (χ1v) is 6.06. The van der Waals surface area contributed by atoms with Gasteiger partial charge in [-0.15, -0.1) is 0 Å².